The molecule has 4 rings (SSSR count). The first-order chi connectivity index (χ1) is 13.4. The summed E-state index contributed by atoms with van der Waals surface area (Å²) in [4.78, 5) is 12.0. The average molecular weight is 398 g/mol. The molecule has 7 heteroatoms. The van der Waals surface area contributed by atoms with Gasteiger partial charge in [0.15, 0.2) is 0 Å². The predicted octanol–water partition coefficient (Wildman–Crippen LogP) is 3.66. The molecule has 6 nitrogen and oxygen atoms in total. The second kappa shape index (κ2) is 7.31. The van der Waals surface area contributed by atoms with Crippen LogP contribution in [0.5, 0.6) is 0 Å². The van der Waals surface area contributed by atoms with E-state index in [2.05, 4.69) is 16.1 Å². The van der Waals surface area contributed by atoms with Gasteiger partial charge in [0, 0.05) is 29.4 Å². The summed E-state index contributed by atoms with van der Waals surface area (Å²) in [6.07, 6.45) is 3.23. The molecule has 146 valence electrons. The van der Waals surface area contributed by atoms with E-state index in [1.54, 1.807) is 31.2 Å². The largest absolute Gasteiger partial charge is 0.423 e. The van der Waals surface area contributed by atoms with Crippen molar-refractivity contribution in [3.63, 3.8) is 0 Å². The first-order valence-corrected chi connectivity index (χ1v) is 11.0. The van der Waals surface area contributed by atoms with Crippen molar-refractivity contribution in [3.05, 3.63) is 69.6 Å². The fourth-order valence-corrected chi connectivity index (χ4v) is 4.19. The minimum atomic E-state index is -3.29. The van der Waals surface area contributed by atoms with Gasteiger partial charge in [-0.3, -0.25) is 4.72 Å². The van der Waals surface area contributed by atoms with E-state index in [1.807, 2.05) is 6.07 Å². The van der Waals surface area contributed by atoms with Crippen LogP contribution in [-0.4, -0.2) is 14.2 Å². The van der Waals surface area contributed by atoms with Crippen LogP contribution >= 0.6 is 0 Å². The van der Waals surface area contributed by atoms with E-state index in [-0.39, 0.29) is 11.4 Å². The molecule has 3 aromatic rings. The molecule has 2 N–H and O–H groups in total. The van der Waals surface area contributed by atoms with Crippen LogP contribution in [0.1, 0.15) is 30.0 Å². The maximum atomic E-state index is 12.0. The lowest BCUT2D eigenvalue weighted by Gasteiger charge is -2.11. The van der Waals surface area contributed by atoms with Crippen molar-refractivity contribution in [2.45, 2.75) is 32.7 Å². The zero-order valence-corrected chi connectivity index (χ0v) is 16.4. The van der Waals surface area contributed by atoms with Gasteiger partial charge in [-0.15, -0.1) is 0 Å². The van der Waals surface area contributed by atoms with Crippen LogP contribution in [0.15, 0.2) is 51.7 Å². The van der Waals surface area contributed by atoms with Gasteiger partial charge in [0.1, 0.15) is 5.58 Å². The molecule has 1 aliphatic carbocycles. The smallest absolute Gasteiger partial charge is 0.336 e. The summed E-state index contributed by atoms with van der Waals surface area (Å²) in [7, 11) is -3.29. The molecular weight excluding hydrogens is 376 g/mol. The number of fused-ring (bicyclic) bond motifs is 2. The van der Waals surface area contributed by atoms with Gasteiger partial charge in [0.2, 0.25) is 10.0 Å². The normalized spacial score (nSPS) is 13.5. The Hall–Kier alpha value is -2.80. The first kappa shape index (κ1) is 18.6. The molecule has 0 unspecified atom stereocenters. The number of rotatable bonds is 6. The highest BCUT2D eigenvalue weighted by molar-refractivity contribution is 7.92. The van der Waals surface area contributed by atoms with Crippen molar-refractivity contribution in [1.29, 1.82) is 0 Å². The van der Waals surface area contributed by atoms with Gasteiger partial charge in [-0.25, -0.2) is 13.2 Å². The van der Waals surface area contributed by atoms with Gasteiger partial charge < -0.3 is 9.73 Å². The minimum absolute atomic E-state index is 0.0281. The van der Waals surface area contributed by atoms with Crippen LogP contribution < -0.4 is 15.7 Å². The van der Waals surface area contributed by atoms with Crippen LogP contribution in [0, 0.1) is 0 Å². The number of hydrogen-bond acceptors (Lipinski definition) is 5. The Bertz CT molecular complexity index is 1180. The van der Waals surface area contributed by atoms with Crippen molar-refractivity contribution in [2.75, 3.05) is 15.8 Å². The van der Waals surface area contributed by atoms with Crippen LogP contribution in [0.3, 0.4) is 0 Å². The third kappa shape index (κ3) is 3.89. The van der Waals surface area contributed by atoms with Crippen LogP contribution in [0.2, 0.25) is 0 Å². The summed E-state index contributed by atoms with van der Waals surface area (Å²) >= 11 is 0. The number of nitrogens with one attached hydrogen (secondary N) is 2. The zero-order chi connectivity index (χ0) is 19.7. The maximum Gasteiger partial charge on any atom is 0.336 e. The van der Waals surface area contributed by atoms with Crippen LogP contribution in [0.25, 0.3) is 11.0 Å². The molecule has 0 fully saturated rings. The lowest BCUT2D eigenvalue weighted by atomic mass is 10.0. The van der Waals surface area contributed by atoms with Crippen molar-refractivity contribution in [2.24, 2.45) is 0 Å². The van der Waals surface area contributed by atoms with Gasteiger partial charge in [0.05, 0.1) is 5.75 Å². The predicted molar refractivity (Wildman–Crippen MR) is 111 cm³/mol. The Kier molecular flexibility index (Phi) is 4.85. The second-order valence-corrected chi connectivity index (χ2v) is 9.01. The lowest BCUT2D eigenvalue weighted by Crippen LogP contribution is -2.14. The van der Waals surface area contributed by atoms with Crippen LogP contribution in [0.4, 0.5) is 11.4 Å². The Labute approximate surface area is 163 Å². The maximum absolute atomic E-state index is 12.0. The topological polar surface area (TPSA) is 88.4 Å². The number of aryl methyl sites for hydroxylation is 2. The molecule has 1 heterocycles. The molecular formula is C21H22N2O4S. The van der Waals surface area contributed by atoms with E-state index < -0.39 is 10.0 Å². The lowest BCUT2D eigenvalue weighted by molar-refractivity contribution is 0.559. The van der Waals surface area contributed by atoms with E-state index in [4.69, 9.17) is 4.42 Å². The Morgan fingerprint density at radius 3 is 2.39 bits per heavy atom. The molecule has 1 aromatic heterocycles. The monoisotopic (exact) mass is 398 g/mol. The third-order valence-electron chi connectivity index (χ3n) is 5.06. The Morgan fingerprint density at radius 2 is 1.68 bits per heavy atom. The molecule has 0 saturated heterocycles. The molecule has 0 saturated carbocycles. The number of anilines is 2. The highest BCUT2D eigenvalue weighted by Gasteiger charge is 2.15. The van der Waals surface area contributed by atoms with Crippen molar-refractivity contribution in [3.8, 4) is 0 Å². The highest BCUT2D eigenvalue weighted by Crippen LogP contribution is 2.29. The fraction of sp³-hybridized carbons (Fsp3) is 0.286. The molecule has 0 spiro atoms. The second-order valence-electron chi connectivity index (χ2n) is 7.00. The summed E-state index contributed by atoms with van der Waals surface area (Å²) in [5.41, 5.74) is 5.12. The summed E-state index contributed by atoms with van der Waals surface area (Å²) in [6, 6.07) is 12.7. The third-order valence-corrected chi connectivity index (χ3v) is 6.37. The van der Waals surface area contributed by atoms with E-state index in [9.17, 15) is 13.2 Å². The highest BCUT2D eigenvalue weighted by atomic mass is 32.2. The molecule has 0 amide bonds. The average Bonchev–Trinajstić information content (AvgIpc) is 3.12. The van der Waals surface area contributed by atoms with Gasteiger partial charge in [-0.2, -0.15) is 0 Å². The van der Waals surface area contributed by atoms with Crippen molar-refractivity contribution >= 4 is 32.4 Å². The minimum Gasteiger partial charge on any atom is -0.423 e. The summed E-state index contributed by atoms with van der Waals surface area (Å²) in [6.45, 7) is 2.06. The van der Waals surface area contributed by atoms with E-state index in [0.717, 1.165) is 35.9 Å². The summed E-state index contributed by atoms with van der Waals surface area (Å²) < 4.78 is 31.2. The molecule has 0 aliphatic heterocycles. The molecule has 1 aliphatic rings. The van der Waals surface area contributed by atoms with Crippen molar-refractivity contribution < 1.29 is 12.8 Å². The standard InChI is InChI=1S/C21H22N2O4S/c1-2-28(25,26)23-18-8-6-17(7-9-18)22-13-16-12-21(24)27-20-11-15-5-3-4-14(15)10-19(16)20/h6-12,22-23H,2-5,13H2,1H3. The van der Waals surface area contributed by atoms with Gasteiger partial charge in [-0.1, -0.05) is 0 Å². The fourth-order valence-electron chi connectivity index (χ4n) is 3.55. The van der Waals surface area contributed by atoms with E-state index in [0.29, 0.717) is 17.8 Å². The van der Waals surface area contributed by atoms with Gasteiger partial charge >= 0.3 is 5.63 Å². The molecule has 0 radical (unpaired) electrons. The molecule has 28 heavy (non-hydrogen) atoms. The van der Waals surface area contributed by atoms with Gasteiger partial charge in [0.25, 0.3) is 0 Å². The zero-order valence-electron chi connectivity index (χ0n) is 15.6. The summed E-state index contributed by atoms with van der Waals surface area (Å²) in [5.74, 6) is 0.0281. The molecule has 0 atom stereocenters. The SMILES string of the molecule is CCS(=O)(=O)Nc1ccc(NCc2cc(=O)oc3cc4c(cc23)CCC4)cc1. The quantitative estimate of drug-likeness (QED) is 0.619. The molecule has 2 aromatic carbocycles. The number of sulfonamides is 1. The van der Waals surface area contributed by atoms with Crippen molar-refractivity contribution in [1.82, 2.24) is 0 Å². The number of hydrogen-bond donors (Lipinski definition) is 2. The van der Waals surface area contributed by atoms with Crippen LogP contribution in [-0.2, 0) is 29.4 Å². The van der Waals surface area contributed by atoms with E-state index >= 15 is 0 Å². The first-order valence-electron chi connectivity index (χ1n) is 9.36. The number of benzene rings is 2. The Morgan fingerprint density at radius 1 is 1.00 bits per heavy atom. The summed E-state index contributed by atoms with van der Waals surface area (Å²) in [5, 5.41) is 4.25. The molecule has 0 bridgehead atoms. The Balaban J connectivity index is 1.55. The van der Waals surface area contributed by atoms with E-state index in [1.165, 1.54) is 17.2 Å². The van der Waals surface area contributed by atoms with Gasteiger partial charge in [-0.05, 0) is 79.3 Å².